The van der Waals surface area contributed by atoms with E-state index >= 15 is 0 Å². The van der Waals surface area contributed by atoms with Crippen LogP contribution >= 0.6 is 0 Å². The zero-order chi connectivity index (χ0) is 19.9. The van der Waals surface area contributed by atoms with Crippen molar-refractivity contribution in [2.45, 2.75) is 39.2 Å². The van der Waals surface area contributed by atoms with E-state index in [0.717, 1.165) is 30.3 Å². The van der Waals surface area contributed by atoms with Gasteiger partial charge in [0.1, 0.15) is 11.6 Å². The summed E-state index contributed by atoms with van der Waals surface area (Å²) in [7, 11) is 1.65. The van der Waals surface area contributed by atoms with E-state index in [9.17, 15) is 9.59 Å². The minimum atomic E-state index is -0.217. The summed E-state index contributed by atoms with van der Waals surface area (Å²) in [5.41, 5.74) is 1.02. The second-order valence-electron chi connectivity index (χ2n) is 6.52. The molecular formula is C20H26N4O4. The van der Waals surface area contributed by atoms with Crippen LogP contribution in [0, 0.1) is 0 Å². The Morgan fingerprint density at radius 1 is 1.18 bits per heavy atom. The molecule has 8 heteroatoms. The van der Waals surface area contributed by atoms with Gasteiger partial charge in [-0.25, -0.2) is 4.68 Å². The molecular weight excluding hydrogens is 360 g/mol. The number of unbranched alkanes of at least 4 members (excludes halogenated alkanes) is 1. The zero-order valence-electron chi connectivity index (χ0n) is 16.3. The van der Waals surface area contributed by atoms with Crippen molar-refractivity contribution in [3.05, 3.63) is 30.3 Å². The Kier molecular flexibility index (Phi) is 6.52. The first-order valence-electron chi connectivity index (χ1n) is 9.55. The number of ether oxygens (including phenoxy) is 2. The van der Waals surface area contributed by atoms with Crippen LogP contribution in [0.4, 0.5) is 17.3 Å². The van der Waals surface area contributed by atoms with Crippen LogP contribution in [-0.2, 0) is 20.9 Å². The van der Waals surface area contributed by atoms with Crippen molar-refractivity contribution in [2.24, 2.45) is 0 Å². The summed E-state index contributed by atoms with van der Waals surface area (Å²) in [6.07, 6.45) is 1.96. The number of methoxy groups -OCH3 is 1. The van der Waals surface area contributed by atoms with Crippen LogP contribution in [0.25, 0.3) is 0 Å². The van der Waals surface area contributed by atoms with E-state index in [1.807, 2.05) is 35.0 Å². The Bertz CT molecular complexity index is 833. The molecule has 1 amide bonds. The second kappa shape index (κ2) is 9.25. The quantitative estimate of drug-likeness (QED) is 0.526. The summed E-state index contributed by atoms with van der Waals surface area (Å²) in [5, 5.41) is 7.31. The second-order valence-corrected chi connectivity index (χ2v) is 6.52. The van der Waals surface area contributed by atoms with E-state index in [4.69, 9.17) is 9.47 Å². The fraction of sp³-hybridized carbons (Fsp3) is 0.450. The number of nitrogens with zero attached hydrogens (tertiary/aromatic N) is 3. The van der Waals surface area contributed by atoms with Crippen LogP contribution in [0.15, 0.2) is 30.3 Å². The monoisotopic (exact) mass is 386 g/mol. The molecule has 0 atom stereocenters. The molecule has 0 bridgehead atoms. The van der Waals surface area contributed by atoms with Gasteiger partial charge in [0.25, 0.3) is 0 Å². The molecule has 2 heterocycles. The molecule has 0 unspecified atom stereocenters. The highest BCUT2D eigenvalue weighted by molar-refractivity contribution is 5.90. The zero-order valence-corrected chi connectivity index (χ0v) is 16.3. The molecule has 150 valence electrons. The number of carbonyl (C=O) groups excluding carboxylic acids is 2. The van der Waals surface area contributed by atoms with Gasteiger partial charge in [-0.3, -0.25) is 9.59 Å². The summed E-state index contributed by atoms with van der Waals surface area (Å²) in [6.45, 7) is 3.74. The van der Waals surface area contributed by atoms with Gasteiger partial charge in [0, 0.05) is 37.2 Å². The van der Waals surface area contributed by atoms with Gasteiger partial charge in [-0.15, -0.1) is 0 Å². The van der Waals surface area contributed by atoms with Crippen molar-refractivity contribution in [1.29, 1.82) is 0 Å². The molecule has 0 radical (unpaired) electrons. The van der Waals surface area contributed by atoms with E-state index in [1.54, 1.807) is 14.0 Å². The first-order valence-corrected chi connectivity index (χ1v) is 9.55. The third kappa shape index (κ3) is 4.82. The fourth-order valence-corrected chi connectivity index (χ4v) is 3.19. The van der Waals surface area contributed by atoms with Crippen molar-refractivity contribution in [1.82, 2.24) is 9.78 Å². The van der Waals surface area contributed by atoms with Gasteiger partial charge in [-0.05, 0) is 31.9 Å². The molecule has 1 aliphatic rings. The van der Waals surface area contributed by atoms with Gasteiger partial charge in [0.15, 0.2) is 5.82 Å². The van der Waals surface area contributed by atoms with Crippen LogP contribution in [0.1, 0.15) is 32.6 Å². The SMILES string of the molecule is CCOC(=O)CCCCC(=O)Nc1cc2n(n1)CCN2c1cccc(OC)c1. The number of esters is 1. The van der Waals surface area contributed by atoms with Gasteiger partial charge < -0.3 is 19.7 Å². The fourth-order valence-electron chi connectivity index (χ4n) is 3.19. The average Bonchev–Trinajstić information content (AvgIpc) is 3.25. The lowest BCUT2D eigenvalue weighted by molar-refractivity contribution is -0.143. The Hall–Kier alpha value is -3.03. The van der Waals surface area contributed by atoms with Crippen LogP contribution < -0.4 is 15.0 Å². The van der Waals surface area contributed by atoms with Crippen LogP contribution in [0.2, 0.25) is 0 Å². The summed E-state index contributed by atoms with van der Waals surface area (Å²) in [6, 6.07) is 9.73. The predicted molar refractivity (Wildman–Crippen MR) is 106 cm³/mol. The lowest BCUT2D eigenvalue weighted by Crippen LogP contribution is -2.14. The maximum atomic E-state index is 12.1. The lowest BCUT2D eigenvalue weighted by Gasteiger charge is -2.17. The standard InChI is InChI=1S/C20H26N4O4/c1-3-28-20(26)10-5-4-9-18(25)21-17-14-19-23(11-12-24(19)22-17)15-7-6-8-16(13-15)27-2/h6-8,13-14H,3-5,9-12H2,1-2H3,(H,21,22,25). The van der Waals surface area contributed by atoms with Gasteiger partial charge in [0.05, 0.1) is 20.3 Å². The van der Waals surface area contributed by atoms with Crippen molar-refractivity contribution in [2.75, 3.05) is 30.5 Å². The molecule has 28 heavy (non-hydrogen) atoms. The smallest absolute Gasteiger partial charge is 0.305 e. The average molecular weight is 386 g/mol. The Balaban J connectivity index is 1.53. The highest BCUT2D eigenvalue weighted by Crippen LogP contribution is 2.33. The molecule has 3 rings (SSSR count). The number of nitrogens with one attached hydrogen (secondary N) is 1. The number of rotatable bonds is 9. The Morgan fingerprint density at radius 3 is 2.79 bits per heavy atom. The number of hydrogen-bond donors (Lipinski definition) is 1. The van der Waals surface area contributed by atoms with E-state index in [0.29, 0.717) is 38.1 Å². The molecule has 8 nitrogen and oxygen atoms in total. The summed E-state index contributed by atoms with van der Waals surface area (Å²) < 4.78 is 12.1. The van der Waals surface area contributed by atoms with Gasteiger partial charge >= 0.3 is 5.97 Å². The third-order valence-corrected chi connectivity index (χ3v) is 4.54. The van der Waals surface area contributed by atoms with E-state index < -0.39 is 0 Å². The highest BCUT2D eigenvalue weighted by atomic mass is 16.5. The van der Waals surface area contributed by atoms with Crippen LogP contribution in [0.5, 0.6) is 5.75 Å². The lowest BCUT2D eigenvalue weighted by atomic mass is 10.2. The molecule has 2 aromatic rings. The van der Waals surface area contributed by atoms with Gasteiger partial charge in [0.2, 0.25) is 5.91 Å². The molecule has 1 aromatic heterocycles. The minimum Gasteiger partial charge on any atom is -0.497 e. The third-order valence-electron chi connectivity index (χ3n) is 4.54. The number of fused-ring (bicyclic) bond motifs is 1. The topological polar surface area (TPSA) is 85.7 Å². The van der Waals surface area contributed by atoms with Crippen molar-refractivity contribution in [3.63, 3.8) is 0 Å². The Labute approximate surface area is 164 Å². The molecule has 0 spiro atoms. The van der Waals surface area contributed by atoms with Crippen molar-refractivity contribution < 1.29 is 19.1 Å². The number of anilines is 3. The van der Waals surface area contributed by atoms with Gasteiger partial charge in [-0.1, -0.05) is 6.07 Å². The van der Waals surface area contributed by atoms with E-state index in [2.05, 4.69) is 15.3 Å². The number of aromatic nitrogens is 2. The minimum absolute atomic E-state index is 0.103. The summed E-state index contributed by atoms with van der Waals surface area (Å²) in [5.74, 6) is 1.95. The maximum Gasteiger partial charge on any atom is 0.305 e. The molecule has 1 aliphatic heterocycles. The van der Waals surface area contributed by atoms with E-state index in [1.165, 1.54) is 0 Å². The maximum absolute atomic E-state index is 12.1. The van der Waals surface area contributed by atoms with Gasteiger partial charge in [-0.2, -0.15) is 5.10 Å². The number of carbonyl (C=O) groups is 2. The van der Waals surface area contributed by atoms with Crippen molar-refractivity contribution >= 4 is 29.2 Å². The molecule has 1 aromatic carbocycles. The van der Waals surface area contributed by atoms with Crippen molar-refractivity contribution in [3.8, 4) is 5.75 Å². The van der Waals surface area contributed by atoms with Crippen LogP contribution in [0.3, 0.4) is 0 Å². The normalized spacial score (nSPS) is 12.6. The number of hydrogen-bond acceptors (Lipinski definition) is 6. The molecule has 0 aliphatic carbocycles. The first kappa shape index (κ1) is 19.7. The number of benzene rings is 1. The molecule has 0 fully saturated rings. The first-order chi connectivity index (χ1) is 13.6. The number of amides is 1. The van der Waals surface area contributed by atoms with Crippen LogP contribution in [-0.4, -0.2) is 41.9 Å². The van der Waals surface area contributed by atoms with E-state index in [-0.39, 0.29) is 11.9 Å². The largest absolute Gasteiger partial charge is 0.497 e. The highest BCUT2D eigenvalue weighted by Gasteiger charge is 2.23. The predicted octanol–water partition coefficient (Wildman–Crippen LogP) is 3.11. The summed E-state index contributed by atoms with van der Waals surface area (Å²) in [4.78, 5) is 25.6. The summed E-state index contributed by atoms with van der Waals surface area (Å²) >= 11 is 0. The molecule has 0 saturated heterocycles. The molecule has 1 N–H and O–H groups in total. The molecule has 0 saturated carbocycles. The Morgan fingerprint density at radius 2 is 2.00 bits per heavy atom.